The Morgan fingerprint density at radius 2 is 2.08 bits per heavy atom. The molecule has 26 heavy (non-hydrogen) atoms. The number of halogens is 1. The molecule has 0 aliphatic carbocycles. The Labute approximate surface area is 152 Å². The van der Waals surface area contributed by atoms with Gasteiger partial charge in [0.1, 0.15) is 17.2 Å². The third kappa shape index (κ3) is 3.59. The second-order valence-electron chi connectivity index (χ2n) is 7.91. The second kappa shape index (κ2) is 6.74. The Hall–Kier alpha value is -2.37. The molecular weight excluding hydrogens is 335 g/mol. The van der Waals surface area contributed by atoms with Crippen LogP contribution in [0.5, 0.6) is 0 Å². The number of ketones is 1. The van der Waals surface area contributed by atoms with Crippen LogP contribution in [0.25, 0.3) is 10.9 Å². The lowest BCUT2D eigenvalue weighted by Gasteiger charge is -2.32. The van der Waals surface area contributed by atoms with Crippen molar-refractivity contribution in [1.82, 2.24) is 9.88 Å². The van der Waals surface area contributed by atoms with Crippen molar-refractivity contribution in [2.45, 2.75) is 58.1 Å². The molecule has 1 aromatic heterocycles. The van der Waals surface area contributed by atoms with Gasteiger partial charge in [0.15, 0.2) is 0 Å². The quantitative estimate of drug-likeness (QED) is 0.883. The van der Waals surface area contributed by atoms with Crippen LogP contribution in [-0.4, -0.2) is 39.9 Å². The molecule has 2 atom stereocenters. The number of rotatable bonds is 3. The van der Waals surface area contributed by atoms with Crippen LogP contribution in [0.2, 0.25) is 0 Å². The fourth-order valence-electron chi connectivity index (χ4n) is 3.76. The fraction of sp³-hybridized carbons (Fsp3) is 0.500. The SMILES string of the molecule is CC(=O)C(c1c[nH]c2cc(F)ccc12)C1CCCN1C(=O)OC(C)(C)C. The maximum Gasteiger partial charge on any atom is 0.410 e. The average molecular weight is 360 g/mol. The van der Waals surface area contributed by atoms with Crippen LogP contribution in [-0.2, 0) is 9.53 Å². The summed E-state index contributed by atoms with van der Waals surface area (Å²) in [5, 5.41) is 0.808. The minimum absolute atomic E-state index is 0.0179. The van der Waals surface area contributed by atoms with Gasteiger partial charge in [-0.15, -0.1) is 0 Å². The number of amides is 1. The molecular formula is C20H25FN2O3. The van der Waals surface area contributed by atoms with E-state index in [0.717, 1.165) is 23.8 Å². The van der Waals surface area contributed by atoms with Crippen molar-refractivity contribution in [3.8, 4) is 0 Å². The summed E-state index contributed by atoms with van der Waals surface area (Å²) >= 11 is 0. The van der Waals surface area contributed by atoms with Crippen molar-refractivity contribution in [3.63, 3.8) is 0 Å². The maximum absolute atomic E-state index is 13.5. The predicted octanol–water partition coefficient (Wildman–Crippen LogP) is 4.38. The van der Waals surface area contributed by atoms with Crippen LogP contribution in [0.3, 0.4) is 0 Å². The Balaban J connectivity index is 1.96. The summed E-state index contributed by atoms with van der Waals surface area (Å²) in [7, 11) is 0. The number of hydrogen-bond acceptors (Lipinski definition) is 3. The number of aromatic nitrogens is 1. The molecule has 6 heteroatoms. The first kappa shape index (κ1) is 18.4. The van der Waals surface area contributed by atoms with E-state index < -0.39 is 17.6 Å². The molecule has 2 unspecified atom stereocenters. The Kier molecular flexibility index (Phi) is 4.78. The average Bonchev–Trinajstić information content (AvgIpc) is 3.13. The number of carbonyl (C=O) groups is 2. The number of aromatic amines is 1. The molecule has 2 aromatic rings. The van der Waals surface area contributed by atoms with Crippen molar-refractivity contribution >= 4 is 22.8 Å². The molecule has 140 valence electrons. The van der Waals surface area contributed by atoms with E-state index in [2.05, 4.69) is 4.98 Å². The molecule has 0 bridgehead atoms. The van der Waals surface area contributed by atoms with E-state index in [9.17, 15) is 14.0 Å². The Bertz CT molecular complexity index is 837. The summed E-state index contributed by atoms with van der Waals surface area (Å²) in [5.41, 5.74) is 0.856. The van der Waals surface area contributed by atoms with E-state index in [0.29, 0.717) is 12.1 Å². The third-order valence-electron chi connectivity index (χ3n) is 4.76. The minimum atomic E-state index is -0.589. The largest absolute Gasteiger partial charge is 0.444 e. The maximum atomic E-state index is 13.5. The molecule has 1 amide bonds. The first-order valence-electron chi connectivity index (χ1n) is 8.94. The highest BCUT2D eigenvalue weighted by Crippen LogP contribution is 2.36. The highest BCUT2D eigenvalue weighted by Gasteiger charge is 2.40. The van der Waals surface area contributed by atoms with Gasteiger partial charge in [0.25, 0.3) is 0 Å². The predicted molar refractivity (Wildman–Crippen MR) is 97.6 cm³/mol. The van der Waals surface area contributed by atoms with Crippen LogP contribution >= 0.6 is 0 Å². The van der Waals surface area contributed by atoms with Gasteiger partial charge >= 0.3 is 6.09 Å². The van der Waals surface area contributed by atoms with Gasteiger partial charge in [0, 0.05) is 29.7 Å². The molecule has 1 aliphatic heterocycles. The van der Waals surface area contributed by atoms with Crippen molar-refractivity contribution in [2.75, 3.05) is 6.54 Å². The lowest BCUT2D eigenvalue weighted by molar-refractivity contribution is -0.119. The topological polar surface area (TPSA) is 62.4 Å². The molecule has 1 aromatic carbocycles. The number of nitrogens with one attached hydrogen (secondary N) is 1. The molecule has 1 fully saturated rings. The second-order valence-corrected chi connectivity index (χ2v) is 7.91. The normalized spacial score (nSPS) is 19.0. The lowest BCUT2D eigenvalue weighted by Crippen LogP contribution is -2.43. The fourth-order valence-corrected chi connectivity index (χ4v) is 3.76. The highest BCUT2D eigenvalue weighted by molar-refractivity contribution is 5.93. The molecule has 0 radical (unpaired) electrons. The zero-order chi connectivity index (χ0) is 19.1. The van der Waals surface area contributed by atoms with Gasteiger partial charge in [-0.3, -0.25) is 4.79 Å². The van der Waals surface area contributed by atoms with Gasteiger partial charge in [-0.05, 0) is 64.3 Å². The molecule has 1 aliphatic rings. The summed E-state index contributed by atoms with van der Waals surface area (Å²) in [5.74, 6) is -0.818. The van der Waals surface area contributed by atoms with Gasteiger partial charge in [0.2, 0.25) is 0 Å². The number of Topliss-reactive ketones (excluding diaryl/α,β-unsaturated/α-hetero) is 1. The standard InChI is InChI=1S/C20H25FN2O3/c1-12(24)18(15-11-22-16-10-13(21)7-8-14(15)16)17-6-5-9-23(17)19(25)26-20(2,3)4/h7-8,10-11,17-18,22H,5-6,9H2,1-4H3. The lowest BCUT2D eigenvalue weighted by atomic mass is 9.86. The summed E-state index contributed by atoms with van der Waals surface area (Å²) < 4.78 is 19.0. The first-order chi connectivity index (χ1) is 12.2. The number of likely N-dealkylation sites (tertiary alicyclic amines) is 1. The number of H-pyrrole nitrogens is 1. The van der Waals surface area contributed by atoms with Crippen LogP contribution < -0.4 is 0 Å². The molecule has 2 heterocycles. The summed E-state index contributed by atoms with van der Waals surface area (Å²) in [6.07, 6.45) is 2.92. The molecule has 5 nitrogen and oxygen atoms in total. The van der Waals surface area contributed by atoms with E-state index in [-0.39, 0.29) is 17.6 Å². The van der Waals surface area contributed by atoms with Crippen molar-refractivity contribution in [2.24, 2.45) is 0 Å². The highest BCUT2D eigenvalue weighted by atomic mass is 19.1. The minimum Gasteiger partial charge on any atom is -0.444 e. The van der Waals surface area contributed by atoms with Crippen LogP contribution in [0.1, 0.15) is 52.0 Å². The summed E-state index contributed by atoms with van der Waals surface area (Å²) in [6, 6.07) is 4.22. The third-order valence-corrected chi connectivity index (χ3v) is 4.76. The van der Waals surface area contributed by atoms with Gasteiger partial charge in [0.05, 0.1) is 5.92 Å². The van der Waals surface area contributed by atoms with E-state index in [1.54, 1.807) is 24.1 Å². The van der Waals surface area contributed by atoms with Crippen LogP contribution in [0, 0.1) is 5.82 Å². The van der Waals surface area contributed by atoms with Gasteiger partial charge < -0.3 is 14.6 Å². The number of nitrogens with zero attached hydrogens (tertiary/aromatic N) is 1. The molecule has 1 N–H and O–H groups in total. The van der Waals surface area contributed by atoms with E-state index in [4.69, 9.17) is 4.74 Å². The van der Waals surface area contributed by atoms with E-state index in [1.807, 2.05) is 20.8 Å². The van der Waals surface area contributed by atoms with Gasteiger partial charge in [-0.2, -0.15) is 0 Å². The van der Waals surface area contributed by atoms with E-state index in [1.165, 1.54) is 12.1 Å². The monoisotopic (exact) mass is 360 g/mol. The molecule has 1 saturated heterocycles. The van der Waals surface area contributed by atoms with Crippen molar-refractivity contribution in [1.29, 1.82) is 0 Å². The van der Waals surface area contributed by atoms with Crippen molar-refractivity contribution in [3.05, 3.63) is 35.8 Å². The van der Waals surface area contributed by atoms with E-state index >= 15 is 0 Å². The molecule has 0 saturated carbocycles. The number of hydrogen-bond donors (Lipinski definition) is 1. The van der Waals surface area contributed by atoms with Crippen LogP contribution in [0.15, 0.2) is 24.4 Å². The van der Waals surface area contributed by atoms with Gasteiger partial charge in [-0.1, -0.05) is 0 Å². The molecule has 3 rings (SSSR count). The number of ether oxygens (including phenoxy) is 1. The number of carbonyl (C=O) groups excluding carboxylic acids is 2. The Morgan fingerprint density at radius 3 is 2.73 bits per heavy atom. The zero-order valence-corrected chi connectivity index (χ0v) is 15.6. The first-order valence-corrected chi connectivity index (χ1v) is 8.94. The van der Waals surface area contributed by atoms with Crippen LogP contribution in [0.4, 0.5) is 9.18 Å². The Morgan fingerprint density at radius 1 is 1.35 bits per heavy atom. The zero-order valence-electron chi connectivity index (χ0n) is 15.6. The van der Waals surface area contributed by atoms with Crippen molar-refractivity contribution < 1.29 is 18.7 Å². The summed E-state index contributed by atoms with van der Waals surface area (Å²) in [6.45, 7) is 7.59. The number of fused-ring (bicyclic) bond motifs is 1. The molecule has 0 spiro atoms. The number of benzene rings is 1. The summed E-state index contributed by atoms with van der Waals surface area (Å²) in [4.78, 5) is 29.8. The smallest absolute Gasteiger partial charge is 0.410 e. The van der Waals surface area contributed by atoms with Gasteiger partial charge in [-0.25, -0.2) is 9.18 Å².